The van der Waals surface area contributed by atoms with Crippen molar-refractivity contribution in [2.24, 2.45) is 0 Å². The Bertz CT molecular complexity index is 2370. The molecule has 0 fully saturated rings. The standard InChI is InChI=1S/C44H29N3Si/c1-46-41-30-32(25-28-44(41)47-42-23-13-11-21-39(42)40-22-12-14-24-43(40)47)38-27-26-37(29-33(38)31-45)48(34-15-5-2-6-16-34,35-17-7-3-8-18-35)36-19-9-4-10-20-36/h2-30H. The van der Waals surface area contributed by atoms with Gasteiger partial charge in [0.05, 0.1) is 34.9 Å². The molecule has 8 rings (SSSR count). The largest absolute Gasteiger partial charge is 0.319 e. The molecule has 0 bridgehead atoms. The Hall–Kier alpha value is -6.46. The van der Waals surface area contributed by atoms with Gasteiger partial charge < -0.3 is 4.57 Å². The first-order valence-electron chi connectivity index (χ1n) is 16.0. The van der Waals surface area contributed by atoms with Gasteiger partial charge >= 0.3 is 0 Å². The Morgan fingerprint density at radius 1 is 0.521 bits per heavy atom. The number of nitrogens with zero attached hydrogens (tertiary/aromatic N) is 3. The fourth-order valence-corrected chi connectivity index (χ4v) is 12.1. The first-order valence-corrected chi connectivity index (χ1v) is 18.0. The van der Waals surface area contributed by atoms with E-state index in [-0.39, 0.29) is 0 Å². The van der Waals surface area contributed by atoms with E-state index >= 15 is 0 Å². The van der Waals surface area contributed by atoms with E-state index in [9.17, 15) is 5.26 Å². The van der Waals surface area contributed by atoms with Gasteiger partial charge in [-0.3, -0.25) is 0 Å². The molecule has 0 spiro atoms. The number of rotatable bonds is 6. The number of para-hydroxylation sites is 2. The molecule has 0 radical (unpaired) electrons. The van der Waals surface area contributed by atoms with Gasteiger partial charge in [-0.15, -0.1) is 0 Å². The highest BCUT2D eigenvalue weighted by Gasteiger charge is 2.41. The zero-order valence-corrected chi connectivity index (χ0v) is 27.1. The molecule has 3 nitrogen and oxygen atoms in total. The van der Waals surface area contributed by atoms with Gasteiger partial charge in [0.2, 0.25) is 5.69 Å². The van der Waals surface area contributed by atoms with Gasteiger partial charge in [0, 0.05) is 10.8 Å². The Balaban J connectivity index is 1.32. The second-order valence-corrected chi connectivity index (χ2v) is 15.7. The van der Waals surface area contributed by atoms with Gasteiger partial charge in [-0.1, -0.05) is 146 Å². The Morgan fingerprint density at radius 2 is 1.02 bits per heavy atom. The lowest BCUT2D eigenvalue weighted by molar-refractivity contribution is 1.19. The van der Waals surface area contributed by atoms with Crippen molar-refractivity contribution in [2.75, 3.05) is 0 Å². The smallest absolute Gasteiger partial charge is 0.211 e. The molecule has 4 heteroatoms. The van der Waals surface area contributed by atoms with Crippen molar-refractivity contribution in [3.8, 4) is 22.9 Å². The number of aromatic nitrogens is 1. The fraction of sp³-hybridized carbons (Fsp3) is 0. The first kappa shape index (κ1) is 29.0. The maximum Gasteiger partial charge on any atom is 0.211 e. The van der Waals surface area contributed by atoms with E-state index in [1.165, 1.54) is 15.6 Å². The predicted molar refractivity (Wildman–Crippen MR) is 201 cm³/mol. The van der Waals surface area contributed by atoms with Crippen molar-refractivity contribution in [1.29, 1.82) is 5.26 Å². The van der Waals surface area contributed by atoms with E-state index in [1.54, 1.807) is 0 Å². The van der Waals surface area contributed by atoms with Crippen LogP contribution in [0, 0.1) is 17.9 Å². The summed E-state index contributed by atoms with van der Waals surface area (Å²) in [6.45, 7) is 8.21. The fourth-order valence-electron chi connectivity index (χ4n) is 7.34. The molecule has 0 aliphatic heterocycles. The highest BCUT2D eigenvalue weighted by molar-refractivity contribution is 7.19. The molecular formula is C44H29N3Si. The minimum atomic E-state index is -2.79. The quantitative estimate of drug-likeness (QED) is 0.104. The zero-order valence-electron chi connectivity index (χ0n) is 26.1. The van der Waals surface area contributed by atoms with E-state index in [2.05, 4.69) is 161 Å². The number of nitriles is 1. The second kappa shape index (κ2) is 12.0. The third-order valence-corrected chi connectivity index (χ3v) is 14.2. The van der Waals surface area contributed by atoms with E-state index in [1.807, 2.05) is 30.3 Å². The number of hydrogen-bond donors (Lipinski definition) is 0. The molecule has 224 valence electrons. The molecule has 0 N–H and O–H groups in total. The van der Waals surface area contributed by atoms with E-state index < -0.39 is 8.07 Å². The van der Waals surface area contributed by atoms with Gasteiger partial charge in [0.1, 0.15) is 0 Å². The normalized spacial score (nSPS) is 11.3. The van der Waals surface area contributed by atoms with Crippen molar-refractivity contribution >= 4 is 56.3 Å². The first-order chi connectivity index (χ1) is 23.7. The van der Waals surface area contributed by atoms with Crippen LogP contribution in [0.15, 0.2) is 176 Å². The summed E-state index contributed by atoms with van der Waals surface area (Å²) in [6.07, 6.45) is 0. The second-order valence-electron chi connectivity index (χ2n) is 11.9. The van der Waals surface area contributed by atoms with Crippen LogP contribution < -0.4 is 20.7 Å². The van der Waals surface area contributed by atoms with Crippen LogP contribution in [0.2, 0.25) is 0 Å². The third-order valence-electron chi connectivity index (χ3n) is 9.42. The van der Waals surface area contributed by atoms with Crippen LogP contribution in [-0.4, -0.2) is 12.6 Å². The maximum atomic E-state index is 10.7. The van der Waals surface area contributed by atoms with Crippen molar-refractivity contribution < 1.29 is 0 Å². The third kappa shape index (κ3) is 4.55. The molecular weight excluding hydrogens is 599 g/mol. The monoisotopic (exact) mass is 627 g/mol. The minimum absolute atomic E-state index is 0.536. The van der Waals surface area contributed by atoms with Gasteiger partial charge in [0.25, 0.3) is 0 Å². The molecule has 7 aromatic carbocycles. The van der Waals surface area contributed by atoms with Crippen LogP contribution in [0.25, 0.3) is 43.5 Å². The zero-order chi connectivity index (χ0) is 32.5. The van der Waals surface area contributed by atoms with Crippen molar-refractivity contribution in [2.45, 2.75) is 0 Å². The summed E-state index contributed by atoms with van der Waals surface area (Å²) in [5.74, 6) is 0. The SMILES string of the molecule is [C-]#[N+]c1cc(-c2ccc([Si](c3ccccc3)(c3ccccc3)c3ccccc3)cc2C#N)ccc1-n1c2ccccc2c2ccccc21. The lowest BCUT2D eigenvalue weighted by Crippen LogP contribution is -2.74. The van der Waals surface area contributed by atoms with Gasteiger partial charge in [-0.2, -0.15) is 5.26 Å². The van der Waals surface area contributed by atoms with Crippen molar-refractivity contribution in [1.82, 2.24) is 4.57 Å². The van der Waals surface area contributed by atoms with E-state index in [0.29, 0.717) is 11.3 Å². The van der Waals surface area contributed by atoms with Crippen LogP contribution in [0.5, 0.6) is 0 Å². The molecule has 8 aromatic rings. The summed E-state index contributed by atoms with van der Waals surface area (Å²) in [4.78, 5) is 4.01. The predicted octanol–water partition coefficient (Wildman–Crippen LogP) is 8.25. The summed E-state index contributed by atoms with van der Waals surface area (Å²) in [5.41, 5.74) is 5.73. The number of benzene rings is 7. The summed E-state index contributed by atoms with van der Waals surface area (Å²) in [7, 11) is -2.79. The highest BCUT2D eigenvalue weighted by Crippen LogP contribution is 2.37. The Morgan fingerprint density at radius 3 is 1.52 bits per heavy atom. The van der Waals surface area contributed by atoms with Gasteiger partial charge in [-0.25, -0.2) is 4.85 Å². The van der Waals surface area contributed by atoms with E-state index in [4.69, 9.17) is 6.57 Å². The van der Waals surface area contributed by atoms with Crippen molar-refractivity contribution in [3.05, 3.63) is 193 Å². The van der Waals surface area contributed by atoms with Crippen LogP contribution in [0.4, 0.5) is 5.69 Å². The van der Waals surface area contributed by atoms with Gasteiger partial charge in [-0.05, 0) is 62.2 Å². The molecule has 48 heavy (non-hydrogen) atoms. The Kier molecular flexibility index (Phi) is 7.27. The summed E-state index contributed by atoms with van der Waals surface area (Å²) in [5, 5.41) is 17.9. The topological polar surface area (TPSA) is 33.1 Å². The molecule has 0 saturated heterocycles. The molecule has 0 amide bonds. The molecule has 1 aromatic heterocycles. The summed E-state index contributed by atoms with van der Waals surface area (Å²) >= 11 is 0. The maximum absolute atomic E-state index is 10.7. The van der Waals surface area contributed by atoms with Crippen molar-refractivity contribution in [3.63, 3.8) is 0 Å². The lowest BCUT2D eigenvalue weighted by atomic mass is 9.99. The average molecular weight is 628 g/mol. The number of fused-ring (bicyclic) bond motifs is 3. The van der Waals surface area contributed by atoms with Crippen LogP contribution in [0.3, 0.4) is 0 Å². The summed E-state index contributed by atoms with van der Waals surface area (Å²) < 4.78 is 2.18. The molecule has 1 heterocycles. The van der Waals surface area contributed by atoms with E-state index in [0.717, 1.165) is 43.8 Å². The average Bonchev–Trinajstić information content (AvgIpc) is 3.50. The van der Waals surface area contributed by atoms with Crippen LogP contribution in [0.1, 0.15) is 5.56 Å². The molecule has 0 unspecified atom stereocenters. The Labute approximate surface area is 281 Å². The number of hydrogen-bond acceptors (Lipinski definition) is 1. The summed E-state index contributed by atoms with van der Waals surface area (Å²) in [6, 6.07) is 63.7. The van der Waals surface area contributed by atoms with Gasteiger partial charge in [0.15, 0.2) is 8.07 Å². The molecule has 0 aliphatic rings. The van der Waals surface area contributed by atoms with Crippen LogP contribution >= 0.6 is 0 Å². The lowest BCUT2D eigenvalue weighted by Gasteiger charge is -2.34. The molecule has 0 saturated carbocycles. The molecule has 0 aliphatic carbocycles. The highest BCUT2D eigenvalue weighted by atomic mass is 28.3. The minimum Gasteiger partial charge on any atom is -0.319 e. The molecule has 0 atom stereocenters. The van der Waals surface area contributed by atoms with Crippen LogP contribution in [-0.2, 0) is 0 Å².